The number of nitrogens with zero attached hydrogens (tertiary/aromatic N) is 4. The highest BCUT2D eigenvalue weighted by atomic mass is 35.5. The number of likely N-dealkylation sites (tertiary alicyclic amines) is 1. The lowest BCUT2D eigenvalue weighted by Gasteiger charge is -2.21. The molecule has 0 radical (unpaired) electrons. The van der Waals surface area contributed by atoms with Crippen LogP contribution in [0, 0.1) is 5.92 Å². The Labute approximate surface area is 154 Å². The van der Waals surface area contributed by atoms with Crippen molar-refractivity contribution < 1.29 is 9.59 Å². The Kier molecular flexibility index (Phi) is 7.64. The van der Waals surface area contributed by atoms with Crippen molar-refractivity contribution in [1.29, 1.82) is 0 Å². The third-order valence-electron chi connectivity index (χ3n) is 4.74. The molecule has 0 spiro atoms. The van der Waals surface area contributed by atoms with E-state index in [-0.39, 0.29) is 42.6 Å². The van der Waals surface area contributed by atoms with E-state index in [0.717, 1.165) is 51.9 Å². The Morgan fingerprint density at radius 3 is 2.52 bits per heavy atom. The van der Waals surface area contributed by atoms with Gasteiger partial charge in [0.25, 0.3) is 0 Å². The molecule has 140 valence electrons. The first kappa shape index (κ1) is 19.7. The van der Waals surface area contributed by atoms with Crippen LogP contribution in [0.4, 0.5) is 5.95 Å². The number of rotatable bonds is 4. The molecule has 3 rings (SSSR count). The summed E-state index contributed by atoms with van der Waals surface area (Å²) in [6.45, 7) is 3.56. The van der Waals surface area contributed by atoms with Gasteiger partial charge in [0, 0.05) is 19.0 Å². The fourth-order valence-electron chi connectivity index (χ4n) is 3.28. The van der Waals surface area contributed by atoms with Gasteiger partial charge >= 0.3 is 0 Å². The van der Waals surface area contributed by atoms with E-state index in [9.17, 15) is 9.59 Å². The van der Waals surface area contributed by atoms with Gasteiger partial charge < -0.3 is 10.2 Å². The molecular formula is C16H27ClN6O2. The molecule has 2 saturated heterocycles. The zero-order valence-electron chi connectivity index (χ0n) is 14.4. The first-order valence-corrected chi connectivity index (χ1v) is 8.91. The monoisotopic (exact) mass is 370 g/mol. The lowest BCUT2D eigenvalue weighted by molar-refractivity contribution is -0.132. The number of halogens is 1. The average Bonchev–Trinajstić information content (AvgIpc) is 2.86. The Hall–Kier alpha value is -1.67. The number of piperidine rings is 1. The van der Waals surface area contributed by atoms with Gasteiger partial charge in [0.2, 0.25) is 17.8 Å². The third kappa shape index (κ3) is 5.67. The largest absolute Gasteiger partial charge is 0.341 e. The smallest absolute Gasteiger partial charge is 0.248 e. The standard InChI is InChI=1S/C16H26N6O2.ClH/c23-14(21-9-3-1-2-4-10-21)11-22-12-18-16(20-22)19-15(24)13-5-7-17-8-6-13;/h12-13,17H,1-11H2,(H,19,20,24);1H. The number of aromatic nitrogens is 3. The van der Waals surface area contributed by atoms with Crippen LogP contribution in [0.2, 0.25) is 0 Å². The molecule has 0 aromatic carbocycles. The lowest BCUT2D eigenvalue weighted by Crippen LogP contribution is -2.35. The fraction of sp³-hybridized carbons (Fsp3) is 0.750. The topological polar surface area (TPSA) is 92.2 Å². The fourth-order valence-corrected chi connectivity index (χ4v) is 3.28. The number of amides is 2. The van der Waals surface area contributed by atoms with Crippen LogP contribution in [0.15, 0.2) is 6.33 Å². The maximum Gasteiger partial charge on any atom is 0.248 e. The molecule has 2 N–H and O–H groups in total. The molecule has 1 aromatic rings. The number of hydrogen-bond donors (Lipinski definition) is 2. The Morgan fingerprint density at radius 1 is 1.16 bits per heavy atom. The summed E-state index contributed by atoms with van der Waals surface area (Å²) in [6, 6.07) is 0. The Bertz CT molecular complexity index is 565. The molecule has 1 aromatic heterocycles. The number of hydrogen-bond acceptors (Lipinski definition) is 5. The van der Waals surface area contributed by atoms with Crippen molar-refractivity contribution in [3.8, 4) is 0 Å². The Balaban J connectivity index is 0.00000225. The summed E-state index contributed by atoms with van der Waals surface area (Å²) >= 11 is 0. The van der Waals surface area contributed by atoms with E-state index in [4.69, 9.17) is 0 Å². The number of nitrogens with one attached hydrogen (secondary N) is 2. The minimum absolute atomic E-state index is 0. The van der Waals surface area contributed by atoms with Gasteiger partial charge in [0.05, 0.1) is 0 Å². The summed E-state index contributed by atoms with van der Waals surface area (Å²) in [5.74, 6) is 0.324. The van der Waals surface area contributed by atoms with Gasteiger partial charge in [-0.2, -0.15) is 0 Å². The van der Waals surface area contributed by atoms with Crippen molar-refractivity contribution in [2.24, 2.45) is 5.92 Å². The van der Waals surface area contributed by atoms with Crippen LogP contribution in [0.1, 0.15) is 38.5 Å². The lowest BCUT2D eigenvalue weighted by atomic mass is 9.97. The summed E-state index contributed by atoms with van der Waals surface area (Å²) in [7, 11) is 0. The number of carbonyl (C=O) groups excluding carboxylic acids is 2. The van der Waals surface area contributed by atoms with Crippen molar-refractivity contribution in [2.45, 2.75) is 45.1 Å². The van der Waals surface area contributed by atoms with Gasteiger partial charge in [-0.05, 0) is 38.8 Å². The minimum Gasteiger partial charge on any atom is -0.341 e. The molecule has 2 amide bonds. The number of anilines is 1. The van der Waals surface area contributed by atoms with E-state index in [1.807, 2.05) is 4.90 Å². The molecule has 3 heterocycles. The van der Waals surface area contributed by atoms with E-state index < -0.39 is 0 Å². The molecule has 2 fully saturated rings. The van der Waals surface area contributed by atoms with Crippen LogP contribution in [-0.2, 0) is 16.1 Å². The summed E-state index contributed by atoms with van der Waals surface area (Å²) in [5.41, 5.74) is 0. The van der Waals surface area contributed by atoms with Gasteiger partial charge in [0.15, 0.2) is 0 Å². The molecule has 0 saturated carbocycles. The SMILES string of the molecule is Cl.O=C(Nc1ncn(CC(=O)N2CCCCCC2)n1)C1CCNCC1. The first-order valence-electron chi connectivity index (χ1n) is 8.91. The molecule has 0 unspecified atom stereocenters. The zero-order valence-corrected chi connectivity index (χ0v) is 15.3. The highest BCUT2D eigenvalue weighted by Crippen LogP contribution is 2.14. The van der Waals surface area contributed by atoms with Crippen molar-refractivity contribution in [2.75, 3.05) is 31.5 Å². The first-order chi connectivity index (χ1) is 11.7. The molecule has 0 atom stereocenters. The molecule has 0 bridgehead atoms. The van der Waals surface area contributed by atoms with Crippen molar-refractivity contribution in [3.05, 3.63) is 6.33 Å². The molecule has 0 aliphatic carbocycles. The van der Waals surface area contributed by atoms with Crippen molar-refractivity contribution >= 4 is 30.2 Å². The van der Waals surface area contributed by atoms with E-state index in [0.29, 0.717) is 0 Å². The zero-order chi connectivity index (χ0) is 16.8. The van der Waals surface area contributed by atoms with E-state index in [2.05, 4.69) is 20.7 Å². The minimum atomic E-state index is -0.0342. The highest BCUT2D eigenvalue weighted by molar-refractivity contribution is 5.90. The van der Waals surface area contributed by atoms with Crippen LogP contribution >= 0.6 is 12.4 Å². The normalized spacial score (nSPS) is 19.0. The molecule has 8 nitrogen and oxygen atoms in total. The molecule has 25 heavy (non-hydrogen) atoms. The predicted octanol–water partition coefficient (Wildman–Crippen LogP) is 1.04. The van der Waals surface area contributed by atoms with Gasteiger partial charge in [-0.3, -0.25) is 14.9 Å². The summed E-state index contributed by atoms with van der Waals surface area (Å²) in [4.78, 5) is 30.5. The van der Waals surface area contributed by atoms with E-state index in [1.165, 1.54) is 23.9 Å². The summed E-state index contributed by atoms with van der Waals surface area (Å²) in [6.07, 6.45) is 7.70. The maximum atomic E-state index is 12.3. The Morgan fingerprint density at radius 2 is 1.84 bits per heavy atom. The molecule has 2 aliphatic heterocycles. The van der Waals surface area contributed by atoms with Crippen LogP contribution in [0.25, 0.3) is 0 Å². The van der Waals surface area contributed by atoms with Crippen LogP contribution < -0.4 is 10.6 Å². The van der Waals surface area contributed by atoms with Crippen LogP contribution in [0.3, 0.4) is 0 Å². The average molecular weight is 371 g/mol. The third-order valence-corrected chi connectivity index (χ3v) is 4.74. The predicted molar refractivity (Wildman–Crippen MR) is 96.5 cm³/mol. The quantitative estimate of drug-likeness (QED) is 0.826. The van der Waals surface area contributed by atoms with Gasteiger partial charge in [-0.25, -0.2) is 9.67 Å². The summed E-state index contributed by atoms with van der Waals surface area (Å²) in [5, 5.41) is 10.2. The van der Waals surface area contributed by atoms with Gasteiger partial charge in [-0.1, -0.05) is 12.8 Å². The second-order valence-corrected chi connectivity index (χ2v) is 6.57. The van der Waals surface area contributed by atoms with Crippen molar-refractivity contribution in [3.63, 3.8) is 0 Å². The van der Waals surface area contributed by atoms with Gasteiger partial charge in [-0.15, -0.1) is 17.5 Å². The van der Waals surface area contributed by atoms with Crippen LogP contribution in [0.5, 0.6) is 0 Å². The van der Waals surface area contributed by atoms with Crippen LogP contribution in [-0.4, -0.2) is 57.7 Å². The summed E-state index contributed by atoms with van der Waals surface area (Å²) < 4.78 is 1.51. The molecule has 2 aliphatic rings. The molecule has 9 heteroatoms. The second kappa shape index (κ2) is 9.72. The highest BCUT2D eigenvalue weighted by Gasteiger charge is 2.22. The van der Waals surface area contributed by atoms with E-state index >= 15 is 0 Å². The second-order valence-electron chi connectivity index (χ2n) is 6.57. The maximum absolute atomic E-state index is 12.3. The van der Waals surface area contributed by atoms with Crippen molar-refractivity contribution in [1.82, 2.24) is 25.0 Å². The number of carbonyl (C=O) groups is 2. The van der Waals surface area contributed by atoms with Gasteiger partial charge in [0.1, 0.15) is 12.9 Å². The van der Waals surface area contributed by atoms with E-state index in [1.54, 1.807) is 0 Å². The molecular weight excluding hydrogens is 344 g/mol.